The van der Waals surface area contributed by atoms with Crippen LogP contribution in [0.25, 0.3) is 0 Å². The Labute approximate surface area is 264 Å². The summed E-state index contributed by atoms with van der Waals surface area (Å²) in [5, 5.41) is 67.1. The van der Waals surface area contributed by atoms with Crippen molar-refractivity contribution in [3.05, 3.63) is 35.5 Å². The molecule has 1 heterocycles. The Kier molecular flexibility index (Phi) is 6.50. The SMILES string of the molecule is CNCC1=C[C@@H]2C[C@]3(O)[C@]4(O)[C@@H](O)[C@@H]5C[C@@H]6[C@H](C=CC[C@@H]6C)C[C@@H]6[C@@H](O)CC[C@](C=O)([C@H]4CC[C@]3(C)[C@H]2C2=CC(=O)O[C@@H]12)[C@@]65O. The van der Waals surface area contributed by atoms with Gasteiger partial charge in [-0.15, -0.1) is 0 Å². The normalized spacial score (nSPS) is 57.5. The molecule has 9 heteroatoms. The molecule has 5 fully saturated rings. The second-order valence-corrected chi connectivity index (χ2v) is 16.5. The van der Waals surface area contributed by atoms with Crippen LogP contribution in [0.1, 0.15) is 65.2 Å². The van der Waals surface area contributed by atoms with Crippen LogP contribution in [0.5, 0.6) is 0 Å². The molecule has 16 atom stereocenters. The molecular weight excluding hydrogens is 574 g/mol. The summed E-state index contributed by atoms with van der Waals surface area (Å²) < 4.78 is 5.76. The molecule has 6 N–H and O–H groups in total. The van der Waals surface area contributed by atoms with Crippen molar-refractivity contribution in [1.29, 1.82) is 0 Å². The van der Waals surface area contributed by atoms with E-state index in [4.69, 9.17) is 4.74 Å². The zero-order chi connectivity index (χ0) is 31.9. The Morgan fingerprint density at radius 2 is 1.84 bits per heavy atom. The number of carbonyl (C=O) groups is 2. The summed E-state index contributed by atoms with van der Waals surface area (Å²) >= 11 is 0. The first-order chi connectivity index (χ1) is 21.3. The van der Waals surface area contributed by atoms with Crippen LogP contribution in [0, 0.1) is 58.2 Å². The maximum Gasteiger partial charge on any atom is 0.331 e. The summed E-state index contributed by atoms with van der Waals surface area (Å²) in [4.78, 5) is 26.3. The van der Waals surface area contributed by atoms with E-state index in [1.165, 1.54) is 0 Å². The second-order valence-electron chi connectivity index (χ2n) is 16.5. The third-order valence-corrected chi connectivity index (χ3v) is 15.1. The summed E-state index contributed by atoms with van der Waals surface area (Å²) in [5.74, 6) is -2.96. The molecule has 0 aromatic carbocycles. The van der Waals surface area contributed by atoms with Crippen LogP contribution in [0.2, 0.25) is 0 Å². The number of rotatable bonds is 3. The van der Waals surface area contributed by atoms with E-state index in [2.05, 4.69) is 30.5 Å². The van der Waals surface area contributed by atoms with Crippen LogP contribution in [0.4, 0.5) is 0 Å². The summed E-state index contributed by atoms with van der Waals surface area (Å²) in [6.07, 6.45) is 9.10. The number of fused-ring (bicyclic) bond motifs is 9. The number of likely N-dealkylation sites (N-methyl/N-ethyl adjacent to an activating group) is 1. The average molecular weight is 624 g/mol. The molecule has 0 aromatic rings. The Morgan fingerprint density at radius 1 is 1.07 bits per heavy atom. The number of aliphatic hydroxyl groups excluding tert-OH is 2. The number of aldehydes is 1. The van der Waals surface area contributed by atoms with E-state index in [9.17, 15) is 35.1 Å². The Balaban J connectivity index is 1.31. The number of carbonyl (C=O) groups excluding carboxylic acids is 2. The van der Waals surface area contributed by atoms with Gasteiger partial charge in [0.2, 0.25) is 0 Å². The van der Waals surface area contributed by atoms with Gasteiger partial charge in [-0.05, 0) is 99.1 Å². The van der Waals surface area contributed by atoms with Gasteiger partial charge in [-0.3, -0.25) is 0 Å². The van der Waals surface area contributed by atoms with E-state index < -0.39 is 69.7 Å². The van der Waals surface area contributed by atoms with E-state index in [0.717, 1.165) is 23.9 Å². The minimum Gasteiger partial charge on any atom is -0.450 e. The molecule has 0 amide bonds. The maximum absolute atomic E-state index is 13.7. The average Bonchev–Trinajstić information content (AvgIpc) is 3.44. The van der Waals surface area contributed by atoms with Crippen LogP contribution in [0.3, 0.4) is 0 Å². The Bertz CT molecular complexity index is 1410. The highest BCUT2D eigenvalue weighted by Gasteiger charge is 2.84. The van der Waals surface area contributed by atoms with Crippen molar-refractivity contribution >= 4 is 12.3 Å². The largest absolute Gasteiger partial charge is 0.450 e. The van der Waals surface area contributed by atoms with E-state index in [-0.39, 0.29) is 42.4 Å². The van der Waals surface area contributed by atoms with Gasteiger partial charge in [-0.1, -0.05) is 32.1 Å². The third kappa shape index (κ3) is 3.36. The third-order valence-electron chi connectivity index (χ3n) is 15.1. The number of allylic oxidation sites excluding steroid dienone is 3. The number of nitrogens with one attached hydrogen (secondary N) is 1. The van der Waals surface area contributed by atoms with Gasteiger partial charge in [0.1, 0.15) is 23.6 Å². The fourth-order valence-electron chi connectivity index (χ4n) is 13.3. The summed E-state index contributed by atoms with van der Waals surface area (Å²) in [7, 11) is 1.83. The highest BCUT2D eigenvalue weighted by atomic mass is 16.5. The smallest absolute Gasteiger partial charge is 0.331 e. The minimum atomic E-state index is -2.11. The lowest BCUT2D eigenvalue weighted by Gasteiger charge is -2.72. The lowest BCUT2D eigenvalue weighted by atomic mass is 9.35. The molecule has 5 saturated carbocycles. The number of esters is 1. The molecule has 0 radical (unpaired) electrons. The molecule has 9 nitrogen and oxygen atoms in total. The topological polar surface area (TPSA) is 157 Å². The molecule has 8 rings (SSSR count). The van der Waals surface area contributed by atoms with Crippen LogP contribution < -0.4 is 5.32 Å². The fraction of sp³-hybridized carbons (Fsp3) is 0.778. The lowest BCUT2D eigenvalue weighted by Crippen LogP contribution is -2.85. The van der Waals surface area contributed by atoms with E-state index in [0.29, 0.717) is 38.6 Å². The van der Waals surface area contributed by atoms with Gasteiger partial charge in [0, 0.05) is 35.8 Å². The van der Waals surface area contributed by atoms with E-state index >= 15 is 0 Å². The predicted octanol–water partition coefficient (Wildman–Crippen LogP) is 1.81. The lowest BCUT2D eigenvalue weighted by molar-refractivity contribution is -0.373. The van der Waals surface area contributed by atoms with Crippen LogP contribution in [0.15, 0.2) is 35.5 Å². The van der Waals surface area contributed by atoms with E-state index in [1.807, 2.05) is 14.0 Å². The molecule has 0 bridgehead atoms. The van der Waals surface area contributed by atoms with Crippen molar-refractivity contribution < 1.29 is 39.9 Å². The van der Waals surface area contributed by atoms with Crippen LogP contribution in [-0.2, 0) is 14.3 Å². The molecule has 246 valence electrons. The van der Waals surface area contributed by atoms with Crippen molar-refractivity contribution in [1.82, 2.24) is 5.32 Å². The highest BCUT2D eigenvalue weighted by molar-refractivity contribution is 5.87. The first kappa shape index (κ1) is 30.5. The van der Waals surface area contributed by atoms with Crippen molar-refractivity contribution in [3.8, 4) is 0 Å². The number of hydrogen-bond acceptors (Lipinski definition) is 9. The maximum atomic E-state index is 13.7. The minimum absolute atomic E-state index is 0.0801. The molecule has 7 aliphatic carbocycles. The number of hydrogen-bond donors (Lipinski definition) is 6. The van der Waals surface area contributed by atoms with Gasteiger partial charge in [-0.2, -0.15) is 0 Å². The predicted molar refractivity (Wildman–Crippen MR) is 163 cm³/mol. The molecular formula is C36H49NO8. The molecule has 0 aromatic heterocycles. The van der Waals surface area contributed by atoms with Crippen molar-refractivity contribution in [2.24, 2.45) is 58.2 Å². The van der Waals surface area contributed by atoms with Crippen molar-refractivity contribution in [2.45, 2.75) is 100 Å². The standard InChI is InChI=1S/C36H49NO8/c1-18-5-4-6-19-12-24-26(39)7-10-33(17-38)27-8-9-32(2)29-20(11-21(16-37-3)30-23(29)14-28(40)45-30)15-34(32,42)36(27,44)31(41)25(13-22(18)19)35(24,33)43/h4,6,11,14,17-20,22,24-27,29-31,37,39,41-44H,5,7-10,12-13,15-16H2,1-3H3/t18-,19+,20+,22-,24+,25-,26-,27+,29+,30-,31-,32+,33-,34+,35+,36+/m0/s1. The first-order valence-corrected chi connectivity index (χ1v) is 17.3. The van der Waals surface area contributed by atoms with Gasteiger partial charge in [0.25, 0.3) is 0 Å². The molecule has 1 aliphatic heterocycles. The Hall–Kier alpha value is -1.88. The van der Waals surface area contributed by atoms with Gasteiger partial charge in [-0.25, -0.2) is 4.79 Å². The number of ether oxygens (including phenoxy) is 1. The van der Waals surface area contributed by atoms with Crippen LogP contribution in [-0.4, -0.2) is 86.5 Å². The zero-order valence-corrected chi connectivity index (χ0v) is 26.6. The molecule has 0 unspecified atom stereocenters. The first-order valence-electron chi connectivity index (χ1n) is 17.3. The fourth-order valence-corrected chi connectivity index (χ4v) is 13.3. The molecule has 8 aliphatic rings. The van der Waals surface area contributed by atoms with Crippen molar-refractivity contribution in [3.63, 3.8) is 0 Å². The summed E-state index contributed by atoms with van der Waals surface area (Å²) in [6.45, 7) is 4.65. The quantitative estimate of drug-likeness (QED) is 0.157. The highest BCUT2D eigenvalue weighted by Crippen LogP contribution is 2.76. The van der Waals surface area contributed by atoms with Gasteiger partial charge >= 0.3 is 5.97 Å². The zero-order valence-electron chi connectivity index (χ0n) is 26.6. The van der Waals surface area contributed by atoms with Gasteiger partial charge in [0.05, 0.1) is 23.2 Å². The summed E-state index contributed by atoms with van der Waals surface area (Å²) in [5.41, 5.74) is -6.33. The summed E-state index contributed by atoms with van der Waals surface area (Å²) in [6, 6.07) is 0. The van der Waals surface area contributed by atoms with Gasteiger partial charge in [0.15, 0.2) is 0 Å². The molecule has 0 saturated heterocycles. The second kappa shape index (κ2) is 9.60. The van der Waals surface area contributed by atoms with Gasteiger partial charge < -0.3 is 40.4 Å². The molecule has 0 spiro atoms. The Morgan fingerprint density at radius 3 is 2.58 bits per heavy atom. The number of aliphatic hydroxyl groups is 5. The van der Waals surface area contributed by atoms with Crippen LogP contribution >= 0.6 is 0 Å². The van der Waals surface area contributed by atoms with Crippen molar-refractivity contribution in [2.75, 3.05) is 13.6 Å². The molecule has 45 heavy (non-hydrogen) atoms. The van der Waals surface area contributed by atoms with E-state index in [1.54, 1.807) is 6.08 Å². The monoisotopic (exact) mass is 623 g/mol.